The van der Waals surface area contributed by atoms with E-state index in [1.807, 2.05) is 7.05 Å². The Morgan fingerprint density at radius 2 is 1.24 bits per heavy atom. The maximum atomic E-state index is 12.0. The molecule has 0 aliphatic heterocycles. The minimum absolute atomic E-state index is 0.142. The Labute approximate surface area is 155 Å². The molecule has 0 bridgehead atoms. The van der Waals surface area contributed by atoms with Crippen molar-refractivity contribution in [3.63, 3.8) is 0 Å². The van der Waals surface area contributed by atoms with Gasteiger partial charge in [-0.3, -0.25) is 4.79 Å². The van der Waals surface area contributed by atoms with Crippen molar-refractivity contribution in [1.29, 1.82) is 0 Å². The summed E-state index contributed by atoms with van der Waals surface area (Å²) >= 11 is 0. The summed E-state index contributed by atoms with van der Waals surface area (Å²) in [4.78, 5) is 13.8. The van der Waals surface area contributed by atoms with Gasteiger partial charge in [-0.1, -0.05) is 6.92 Å². The Balaban J connectivity index is 3.33. The monoisotopic (exact) mass is 381 g/mol. The van der Waals surface area contributed by atoms with Crippen molar-refractivity contribution in [3.8, 4) is 0 Å². The van der Waals surface area contributed by atoms with Crippen LogP contribution in [0.5, 0.6) is 0 Å². The fourth-order valence-corrected chi connectivity index (χ4v) is 2.61. The quantitative estimate of drug-likeness (QED) is 0.361. The lowest BCUT2D eigenvalue weighted by Crippen LogP contribution is -2.31. The van der Waals surface area contributed by atoms with Crippen LogP contribution in [-0.2, 0) is 23.7 Å². The average Bonchev–Trinajstić information content (AvgIpc) is 2.56. The number of carbonyl (C=O) groups excluding carboxylic acids is 1. The summed E-state index contributed by atoms with van der Waals surface area (Å²) in [7, 11) is 1.31. The maximum absolute atomic E-state index is 12.0. The lowest BCUT2D eigenvalue weighted by molar-refractivity contribution is -0.130. The van der Waals surface area contributed by atoms with E-state index < -0.39 is 10.0 Å². The number of ether oxygens (including phenoxy) is 4. The third-order valence-corrected chi connectivity index (χ3v) is 4.80. The number of nitrogens with zero attached hydrogens (tertiary/aromatic N) is 1. The predicted octanol–water partition coefficient (Wildman–Crippen LogP) is 2.01. The SMILES string of the molecule is CCCOCCOCCOCCOCCC(=O)N(C)CCS(C)(C)C. The van der Waals surface area contributed by atoms with Crippen LogP contribution in [0.15, 0.2) is 0 Å². The molecule has 0 spiro atoms. The van der Waals surface area contributed by atoms with Crippen LogP contribution in [0, 0.1) is 0 Å². The topological polar surface area (TPSA) is 57.2 Å². The zero-order valence-electron chi connectivity index (χ0n) is 16.9. The van der Waals surface area contributed by atoms with Crippen LogP contribution in [0.3, 0.4) is 0 Å². The van der Waals surface area contributed by atoms with Gasteiger partial charge in [-0.2, -0.15) is 0 Å². The number of hydrogen-bond donors (Lipinski definition) is 0. The van der Waals surface area contributed by atoms with E-state index in [1.54, 1.807) is 4.90 Å². The summed E-state index contributed by atoms with van der Waals surface area (Å²) in [6.07, 6.45) is 8.25. The van der Waals surface area contributed by atoms with E-state index in [2.05, 4.69) is 25.7 Å². The molecule has 7 heteroatoms. The molecule has 0 aromatic rings. The molecule has 0 aromatic heterocycles. The van der Waals surface area contributed by atoms with Crippen LogP contribution in [0.1, 0.15) is 19.8 Å². The zero-order valence-corrected chi connectivity index (χ0v) is 17.7. The van der Waals surface area contributed by atoms with Crippen molar-refractivity contribution in [2.75, 3.05) is 91.0 Å². The third kappa shape index (κ3) is 18.3. The van der Waals surface area contributed by atoms with Crippen molar-refractivity contribution in [1.82, 2.24) is 4.90 Å². The molecule has 0 aromatic carbocycles. The summed E-state index contributed by atoms with van der Waals surface area (Å²) < 4.78 is 21.5. The molecule has 0 rings (SSSR count). The first-order valence-corrected chi connectivity index (χ1v) is 12.1. The minimum Gasteiger partial charge on any atom is -0.379 e. The Bertz CT molecular complexity index is 323. The molecule has 152 valence electrons. The first-order valence-electron chi connectivity index (χ1n) is 9.07. The van der Waals surface area contributed by atoms with Crippen LogP contribution in [0.25, 0.3) is 0 Å². The number of carbonyl (C=O) groups is 1. The molecule has 0 atom stereocenters. The number of amides is 1. The third-order valence-electron chi connectivity index (χ3n) is 3.39. The van der Waals surface area contributed by atoms with E-state index in [9.17, 15) is 4.79 Å². The van der Waals surface area contributed by atoms with Crippen molar-refractivity contribution in [2.24, 2.45) is 0 Å². The van der Waals surface area contributed by atoms with Gasteiger partial charge in [0, 0.05) is 20.2 Å². The summed E-state index contributed by atoms with van der Waals surface area (Å²) in [5, 5.41) is 0. The highest BCUT2D eigenvalue weighted by atomic mass is 32.3. The van der Waals surface area contributed by atoms with Crippen molar-refractivity contribution >= 4 is 15.9 Å². The normalized spacial score (nSPS) is 12.4. The van der Waals surface area contributed by atoms with Crippen LogP contribution in [0.2, 0.25) is 0 Å². The molecule has 0 radical (unpaired) electrons. The predicted molar refractivity (Wildman–Crippen MR) is 106 cm³/mol. The molecular formula is C18H39NO5S. The zero-order chi connectivity index (χ0) is 19.0. The molecule has 25 heavy (non-hydrogen) atoms. The van der Waals surface area contributed by atoms with Crippen LogP contribution in [-0.4, -0.2) is 102 Å². The van der Waals surface area contributed by atoms with Gasteiger partial charge < -0.3 is 23.8 Å². The molecule has 0 N–H and O–H groups in total. The molecule has 1 amide bonds. The van der Waals surface area contributed by atoms with E-state index in [0.717, 1.165) is 25.3 Å². The van der Waals surface area contributed by atoms with Crippen molar-refractivity contribution < 1.29 is 23.7 Å². The first-order chi connectivity index (χ1) is 11.9. The van der Waals surface area contributed by atoms with Crippen LogP contribution < -0.4 is 0 Å². The molecule has 0 heterocycles. The molecule has 6 nitrogen and oxygen atoms in total. The maximum Gasteiger partial charge on any atom is 0.224 e. The van der Waals surface area contributed by atoms with E-state index in [1.165, 1.54) is 0 Å². The summed E-state index contributed by atoms with van der Waals surface area (Å²) in [6, 6.07) is 0. The van der Waals surface area contributed by atoms with Gasteiger partial charge in [0.2, 0.25) is 5.91 Å². The van der Waals surface area contributed by atoms with Gasteiger partial charge in [-0.05, 0) is 30.9 Å². The molecule has 0 aliphatic carbocycles. The first kappa shape index (κ1) is 24.7. The van der Waals surface area contributed by atoms with Gasteiger partial charge in [0.1, 0.15) is 0 Å². The summed E-state index contributed by atoms with van der Waals surface area (Å²) in [5.74, 6) is 1.22. The van der Waals surface area contributed by atoms with Gasteiger partial charge >= 0.3 is 0 Å². The largest absolute Gasteiger partial charge is 0.379 e. The van der Waals surface area contributed by atoms with Crippen LogP contribution in [0.4, 0.5) is 0 Å². The molecule has 0 unspecified atom stereocenters. The fourth-order valence-electron chi connectivity index (χ4n) is 1.79. The van der Waals surface area contributed by atoms with E-state index >= 15 is 0 Å². The van der Waals surface area contributed by atoms with Gasteiger partial charge in [0.15, 0.2) is 0 Å². The second-order valence-corrected chi connectivity index (χ2v) is 11.4. The number of rotatable bonds is 17. The Morgan fingerprint density at radius 1 is 0.800 bits per heavy atom. The average molecular weight is 382 g/mol. The smallest absolute Gasteiger partial charge is 0.224 e. The molecule has 0 fully saturated rings. The lowest BCUT2D eigenvalue weighted by Gasteiger charge is -2.28. The molecular weight excluding hydrogens is 342 g/mol. The van der Waals surface area contributed by atoms with Gasteiger partial charge in [-0.15, -0.1) is 0 Å². The highest BCUT2D eigenvalue weighted by molar-refractivity contribution is 8.32. The second-order valence-electron chi connectivity index (χ2n) is 6.81. The number of hydrogen-bond acceptors (Lipinski definition) is 5. The highest BCUT2D eigenvalue weighted by Gasteiger charge is 2.11. The molecule has 0 saturated heterocycles. The van der Waals surface area contributed by atoms with Gasteiger partial charge in [-0.25, -0.2) is 10.0 Å². The van der Waals surface area contributed by atoms with Gasteiger partial charge in [0.25, 0.3) is 0 Å². The van der Waals surface area contributed by atoms with Crippen LogP contribution >= 0.6 is 10.0 Å². The van der Waals surface area contributed by atoms with E-state index in [0.29, 0.717) is 52.7 Å². The fraction of sp³-hybridized carbons (Fsp3) is 0.944. The Morgan fingerprint density at radius 3 is 1.68 bits per heavy atom. The Hall–Kier alpha value is -0.340. The van der Waals surface area contributed by atoms with Crippen molar-refractivity contribution in [2.45, 2.75) is 19.8 Å². The van der Waals surface area contributed by atoms with Gasteiger partial charge in [0.05, 0.1) is 52.7 Å². The highest BCUT2D eigenvalue weighted by Crippen LogP contribution is 2.33. The van der Waals surface area contributed by atoms with E-state index in [-0.39, 0.29) is 5.91 Å². The lowest BCUT2D eigenvalue weighted by atomic mass is 10.4. The Kier molecular flexibility index (Phi) is 15.7. The minimum atomic E-state index is -0.560. The van der Waals surface area contributed by atoms with E-state index in [4.69, 9.17) is 18.9 Å². The molecule has 0 saturated carbocycles. The van der Waals surface area contributed by atoms with Crippen molar-refractivity contribution in [3.05, 3.63) is 0 Å². The standard InChI is InChI=1S/C18H39NO5S/c1-6-9-21-11-13-23-15-16-24-14-12-22-10-7-18(20)19(2)8-17-25(3,4)5/h6-17H2,1-5H3. The molecule has 0 aliphatic rings. The summed E-state index contributed by atoms with van der Waals surface area (Å²) in [5.41, 5.74) is 0. The summed E-state index contributed by atoms with van der Waals surface area (Å²) in [6.45, 7) is 7.51. The second kappa shape index (κ2) is 15.9.